The molecule has 2 N–H and O–H groups in total. The second kappa shape index (κ2) is 5.06. The number of hydrogen-bond acceptors (Lipinski definition) is 2. The molecular formula is C13H11ClN2O2. The molecule has 0 saturated carbocycles. The normalized spacial score (nSPS) is 10.1. The van der Waals surface area contributed by atoms with E-state index in [2.05, 4.69) is 10.3 Å². The zero-order valence-corrected chi connectivity index (χ0v) is 10.4. The molecule has 0 aliphatic heterocycles. The fraction of sp³-hybridized carbons (Fsp3) is 0.0769. The van der Waals surface area contributed by atoms with E-state index in [4.69, 9.17) is 11.6 Å². The van der Waals surface area contributed by atoms with Gasteiger partial charge in [0.2, 0.25) is 5.56 Å². The van der Waals surface area contributed by atoms with Crippen LogP contribution in [0.3, 0.4) is 0 Å². The highest BCUT2D eigenvalue weighted by Gasteiger charge is 2.09. The fourth-order valence-electron chi connectivity index (χ4n) is 1.50. The number of carbonyl (C=O) groups excluding carboxylic acids is 1. The van der Waals surface area contributed by atoms with Crippen LogP contribution in [0.25, 0.3) is 0 Å². The van der Waals surface area contributed by atoms with Gasteiger partial charge in [-0.1, -0.05) is 23.7 Å². The minimum atomic E-state index is -0.403. The molecule has 18 heavy (non-hydrogen) atoms. The first kappa shape index (κ1) is 12.4. The number of hydrogen-bond donors (Lipinski definition) is 2. The average Bonchev–Trinajstić information content (AvgIpc) is 2.34. The van der Waals surface area contributed by atoms with Gasteiger partial charge in [-0.05, 0) is 30.7 Å². The molecule has 0 unspecified atom stereocenters. The highest BCUT2D eigenvalue weighted by molar-refractivity contribution is 6.33. The highest BCUT2D eigenvalue weighted by atomic mass is 35.5. The van der Waals surface area contributed by atoms with Gasteiger partial charge < -0.3 is 10.3 Å². The number of amides is 1. The predicted octanol–water partition coefficient (Wildman–Crippen LogP) is 2.59. The van der Waals surface area contributed by atoms with Gasteiger partial charge >= 0.3 is 0 Å². The van der Waals surface area contributed by atoms with Gasteiger partial charge in [-0.2, -0.15) is 0 Å². The van der Waals surface area contributed by atoms with Crippen molar-refractivity contribution in [2.24, 2.45) is 0 Å². The van der Waals surface area contributed by atoms with Crippen LogP contribution in [0.4, 0.5) is 5.69 Å². The summed E-state index contributed by atoms with van der Waals surface area (Å²) in [6.07, 6.45) is 0. The van der Waals surface area contributed by atoms with Crippen LogP contribution in [0.1, 0.15) is 16.1 Å². The highest BCUT2D eigenvalue weighted by Crippen LogP contribution is 2.22. The molecule has 5 heteroatoms. The van der Waals surface area contributed by atoms with Crippen molar-refractivity contribution in [1.29, 1.82) is 0 Å². The molecule has 0 bridgehead atoms. The number of aromatic nitrogens is 1. The van der Waals surface area contributed by atoms with Gasteiger partial charge in [-0.15, -0.1) is 0 Å². The van der Waals surface area contributed by atoms with Crippen LogP contribution < -0.4 is 10.9 Å². The van der Waals surface area contributed by atoms with Crippen molar-refractivity contribution in [3.05, 3.63) is 63.0 Å². The molecule has 1 aromatic carbocycles. The molecule has 1 amide bonds. The van der Waals surface area contributed by atoms with Crippen molar-refractivity contribution < 1.29 is 4.79 Å². The molecule has 1 heterocycles. The monoisotopic (exact) mass is 262 g/mol. The molecule has 0 atom stereocenters. The Hall–Kier alpha value is -2.07. The smallest absolute Gasteiger partial charge is 0.272 e. The summed E-state index contributed by atoms with van der Waals surface area (Å²) >= 11 is 5.97. The van der Waals surface area contributed by atoms with E-state index in [-0.39, 0.29) is 11.3 Å². The first-order chi connectivity index (χ1) is 8.56. The standard InChI is InChI=1S/C13H11ClN2O2/c1-8-5-6-9(14)11(7-8)16-13(18)10-3-2-4-12(17)15-10/h2-7H,1H3,(H,15,17)(H,16,18). The molecule has 1 aromatic heterocycles. The lowest BCUT2D eigenvalue weighted by Crippen LogP contribution is -2.18. The van der Waals surface area contributed by atoms with Crippen molar-refractivity contribution in [2.45, 2.75) is 6.92 Å². The van der Waals surface area contributed by atoms with Crippen LogP contribution >= 0.6 is 11.6 Å². The number of nitrogens with one attached hydrogen (secondary N) is 2. The van der Waals surface area contributed by atoms with Gasteiger partial charge in [0.05, 0.1) is 10.7 Å². The number of anilines is 1. The first-order valence-corrected chi connectivity index (χ1v) is 5.71. The summed E-state index contributed by atoms with van der Waals surface area (Å²) < 4.78 is 0. The van der Waals surface area contributed by atoms with Gasteiger partial charge in [-0.3, -0.25) is 9.59 Å². The summed E-state index contributed by atoms with van der Waals surface area (Å²) in [6, 6.07) is 9.71. The molecule has 0 fully saturated rings. The fourth-order valence-corrected chi connectivity index (χ4v) is 1.67. The molecule has 0 aliphatic carbocycles. The Morgan fingerprint density at radius 1 is 1.28 bits per heavy atom. The molecule has 0 spiro atoms. The van der Waals surface area contributed by atoms with Gasteiger partial charge in [0.15, 0.2) is 0 Å². The molecular weight excluding hydrogens is 252 g/mol. The Labute approximate surface area is 109 Å². The van der Waals surface area contributed by atoms with Crippen LogP contribution in [-0.4, -0.2) is 10.9 Å². The summed E-state index contributed by atoms with van der Waals surface area (Å²) in [5.74, 6) is -0.403. The van der Waals surface area contributed by atoms with Crippen molar-refractivity contribution in [3.63, 3.8) is 0 Å². The number of aromatic amines is 1. The third-order valence-electron chi connectivity index (χ3n) is 2.38. The lowest BCUT2D eigenvalue weighted by molar-refractivity contribution is 0.102. The molecule has 2 aromatic rings. The van der Waals surface area contributed by atoms with E-state index in [0.29, 0.717) is 10.7 Å². The van der Waals surface area contributed by atoms with E-state index in [1.807, 2.05) is 13.0 Å². The molecule has 0 radical (unpaired) electrons. The number of halogens is 1. The minimum Gasteiger partial charge on any atom is -0.319 e. The average molecular weight is 263 g/mol. The van der Waals surface area contributed by atoms with Gasteiger partial charge in [-0.25, -0.2) is 0 Å². The van der Waals surface area contributed by atoms with Gasteiger partial charge in [0, 0.05) is 6.07 Å². The number of rotatable bonds is 2. The van der Waals surface area contributed by atoms with Crippen LogP contribution in [-0.2, 0) is 0 Å². The maximum atomic E-state index is 11.9. The summed E-state index contributed by atoms with van der Waals surface area (Å²) in [7, 11) is 0. The molecule has 0 saturated heterocycles. The van der Waals surface area contributed by atoms with Crippen LogP contribution in [0.5, 0.6) is 0 Å². The van der Waals surface area contributed by atoms with Crippen molar-refractivity contribution >= 4 is 23.2 Å². The zero-order chi connectivity index (χ0) is 13.1. The Kier molecular flexibility index (Phi) is 3.48. The number of carbonyl (C=O) groups is 1. The molecule has 2 rings (SSSR count). The number of H-pyrrole nitrogens is 1. The third-order valence-corrected chi connectivity index (χ3v) is 2.71. The summed E-state index contributed by atoms with van der Waals surface area (Å²) in [4.78, 5) is 25.4. The Morgan fingerprint density at radius 3 is 2.78 bits per heavy atom. The Balaban J connectivity index is 2.26. The molecule has 92 valence electrons. The number of benzene rings is 1. The minimum absolute atomic E-state index is 0.195. The number of pyridine rings is 1. The number of aryl methyl sites for hydroxylation is 1. The van der Waals surface area contributed by atoms with E-state index >= 15 is 0 Å². The Morgan fingerprint density at radius 2 is 2.06 bits per heavy atom. The third kappa shape index (κ3) is 2.78. The van der Waals surface area contributed by atoms with Crippen molar-refractivity contribution in [1.82, 2.24) is 4.98 Å². The second-order valence-electron chi connectivity index (χ2n) is 3.87. The molecule has 0 aliphatic rings. The zero-order valence-electron chi connectivity index (χ0n) is 9.66. The van der Waals surface area contributed by atoms with Crippen LogP contribution in [0.15, 0.2) is 41.2 Å². The van der Waals surface area contributed by atoms with E-state index in [0.717, 1.165) is 5.56 Å². The lowest BCUT2D eigenvalue weighted by atomic mass is 10.2. The van der Waals surface area contributed by atoms with Crippen molar-refractivity contribution in [2.75, 3.05) is 5.32 Å². The van der Waals surface area contributed by atoms with Crippen LogP contribution in [0, 0.1) is 6.92 Å². The van der Waals surface area contributed by atoms with E-state index in [1.165, 1.54) is 18.2 Å². The van der Waals surface area contributed by atoms with E-state index in [9.17, 15) is 9.59 Å². The largest absolute Gasteiger partial charge is 0.319 e. The van der Waals surface area contributed by atoms with Gasteiger partial charge in [0.1, 0.15) is 5.69 Å². The van der Waals surface area contributed by atoms with Gasteiger partial charge in [0.25, 0.3) is 5.91 Å². The molecule has 4 nitrogen and oxygen atoms in total. The van der Waals surface area contributed by atoms with E-state index in [1.54, 1.807) is 12.1 Å². The van der Waals surface area contributed by atoms with E-state index < -0.39 is 5.91 Å². The SMILES string of the molecule is Cc1ccc(Cl)c(NC(=O)c2cccc(=O)[nH]2)c1. The maximum Gasteiger partial charge on any atom is 0.272 e. The lowest BCUT2D eigenvalue weighted by Gasteiger charge is -2.07. The Bertz CT molecular complexity index is 649. The summed E-state index contributed by atoms with van der Waals surface area (Å²) in [6.45, 7) is 1.90. The quantitative estimate of drug-likeness (QED) is 0.874. The summed E-state index contributed by atoms with van der Waals surface area (Å²) in [5, 5.41) is 3.10. The van der Waals surface area contributed by atoms with Crippen molar-refractivity contribution in [3.8, 4) is 0 Å². The topological polar surface area (TPSA) is 62.0 Å². The predicted molar refractivity (Wildman–Crippen MR) is 71.2 cm³/mol. The second-order valence-corrected chi connectivity index (χ2v) is 4.27. The van der Waals surface area contributed by atoms with Crippen LogP contribution in [0.2, 0.25) is 5.02 Å². The first-order valence-electron chi connectivity index (χ1n) is 5.33. The summed E-state index contributed by atoms with van der Waals surface area (Å²) in [5.41, 5.74) is 1.38. The maximum absolute atomic E-state index is 11.9.